The first-order chi connectivity index (χ1) is 19.7. The highest BCUT2D eigenvalue weighted by atomic mass is 16.2. The van der Waals surface area contributed by atoms with Crippen LogP contribution in [0.25, 0.3) is 21.8 Å². The molecule has 0 spiro atoms. The molecule has 3 N–H and O–H groups in total. The van der Waals surface area contributed by atoms with E-state index in [9.17, 15) is 9.59 Å². The van der Waals surface area contributed by atoms with Gasteiger partial charge in [0.05, 0.1) is 6.42 Å². The molecule has 3 heterocycles. The Balaban J connectivity index is 1.34. The zero-order chi connectivity index (χ0) is 27.3. The molecule has 0 bridgehead atoms. The summed E-state index contributed by atoms with van der Waals surface area (Å²) < 4.78 is 0. The molecule has 3 aromatic heterocycles. The Bertz CT molecular complexity index is 1600. The number of fused-ring (bicyclic) bond motifs is 2. The second-order valence-corrected chi connectivity index (χ2v) is 10.8. The first-order valence-electron chi connectivity index (χ1n) is 14.3. The average Bonchev–Trinajstić information content (AvgIpc) is 3.60. The number of nitrogens with one attached hydrogen (secondary N) is 3. The molecule has 1 unspecified atom stereocenters. The van der Waals surface area contributed by atoms with Gasteiger partial charge in [-0.25, -0.2) is 0 Å². The molecule has 6 rings (SSSR count). The van der Waals surface area contributed by atoms with Gasteiger partial charge >= 0.3 is 0 Å². The summed E-state index contributed by atoms with van der Waals surface area (Å²) in [6.45, 7) is 0.403. The standard InChI is InChI=1S/C33H35N5O2/c39-31(19-25-22-36-30-15-7-5-13-28(25)30)38(18-16-23-21-35-29-14-6-4-12-27(23)29)32(24-9-8-17-34-20-24)33(40)37-26-10-2-1-3-11-26/h4-9,12-15,17,20-22,26,32,35-36H,1-3,10-11,16,18-19H2,(H,37,40). The summed E-state index contributed by atoms with van der Waals surface area (Å²) in [5.74, 6) is -0.219. The van der Waals surface area contributed by atoms with Crippen LogP contribution in [-0.2, 0) is 22.4 Å². The van der Waals surface area contributed by atoms with Gasteiger partial charge in [-0.3, -0.25) is 14.6 Å². The van der Waals surface area contributed by atoms with Crippen molar-refractivity contribution >= 4 is 33.6 Å². The molecular formula is C33H35N5O2. The topological polar surface area (TPSA) is 93.9 Å². The lowest BCUT2D eigenvalue weighted by Crippen LogP contribution is -2.48. The number of nitrogens with zero attached hydrogens (tertiary/aromatic N) is 2. The Hall–Kier alpha value is -4.39. The van der Waals surface area contributed by atoms with Crippen molar-refractivity contribution in [1.29, 1.82) is 0 Å². The number of amides is 2. The van der Waals surface area contributed by atoms with Gasteiger partial charge in [0, 0.05) is 64.7 Å². The molecule has 0 aliphatic heterocycles. The van der Waals surface area contributed by atoms with Crippen LogP contribution >= 0.6 is 0 Å². The lowest BCUT2D eigenvalue weighted by molar-refractivity contribution is -0.140. The Morgan fingerprint density at radius 2 is 1.55 bits per heavy atom. The monoisotopic (exact) mass is 533 g/mol. The molecule has 5 aromatic rings. The molecule has 204 valence electrons. The largest absolute Gasteiger partial charge is 0.361 e. The number of hydrogen-bond donors (Lipinski definition) is 3. The number of H-pyrrole nitrogens is 2. The van der Waals surface area contributed by atoms with E-state index in [2.05, 4.69) is 32.4 Å². The Morgan fingerprint density at radius 3 is 2.25 bits per heavy atom. The number of carbonyl (C=O) groups is 2. The van der Waals surface area contributed by atoms with Gasteiger partial charge in [-0.1, -0.05) is 61.7 Å². The molecule has 7 heteroatoms. The molecule has 2 amide bonds. The molecule has 40 heavy (non-hydrogen) atoms. The highest BCUT2D eigenvalue weighted by Crippen LogP contribution is 2.27. The van der Waals surface area contributed by atoms with Crippen LogP contribution in [0.3, 0.4) is 0 Å². The van der Waals surface area contributed by atoms with Gasteiger partial charge in [-0.2, -0.15) is 0 Å². The van der Waals surface area contributed by atoms with Gasteiger partial charge in [-0.15, -0.1) is 0 Å². The lowest BCUT2D eigenvalue weighted by atomic mass is 9.94. The second kappa shape index (κ2) is 11.8. The van der Waals surface area contributed by atoms with E-state index in [1.54, 1.807) is 17.3 Å². The third-order valence-corrected chi connectivity index (χ3v) is 8.15. The van der Waals surface area contributed by atoms with E-state index < -0.39 is 6.04 Å². The number of pyridine rings is 1. The number of carbonyl (C=O) groups excluding carboxylic acids is 2. The number of aromatic amines is 2. The van der Waals surface area contributed by atoms with E-state index in [4.69, 9.17) is 0 Å². The molecule has 1 saturated carbocycles. The molecule has 1 atom stereocenters. The molecule has 2 aromatic carbocycles. The van der Waals surface area contributed by atoms with E-state index in [1.807, 2.05) is 60.9 Å². The van der Waals surface area contributed by atoms with Crippen LogP contribution in [0.1, 0.15) is 54.8 Å². The van der Waals surface area contributed by atoms with Crippen LogP contribution < -0.4 is 5.32 Å². The normalized spacial score (nSPS) is 14.8. The maximum Gasteiger partial charge on any atom is 0.247 e. The van der Waals surface area contributed by atoms with Crippen molar-refractivity contribution < 1.29 is 9.59 Å². The molecule has 1 fully saturated rings. The first kappa shape index (κ1) is 25.9. The van der Waals surface area contributed by atoms with Crippen molar-refractivity contribution in [3.05, 3.63) is 102 Å². The van der Waals surface area contributed by atoms with Crippen LogP contribution in [0.4, 0.5) is 0 Å². The first-order valence-corrected chi connectivity index (χ1v) is 14.3. The van der Waals surface area contributed by atoms with E-state index in [1.165, 1.54) is 6.42 Å². The van der Waals surface area contributed by atoms with Gasteiger partial charge in [0.15, 0.2) is 0 Å². The summed E-state index contributed by atoms with van der Waals surface area (Å²) in [5.41, 5.74) is 4.83. The average molecular weight is 534 g/mol. The SMILES string of the molecule is O=C(NC1CCCCC1)C(c1cccnc1)N(CCc1c[nH]c2ccccc12)C(=O)Cc1c[nH]c2ccccc12. The zero-order valence-electron chi connectivity index (χ0n) is 22.6. The quantitative estimate of drug-likeness (QED) is 0.222. The van der Waals surface area contributed by atoms with Crippen LogP contribution in [0.5, 0.6) is 0 Å². The Labute approximate surface area is 234 Å². The zero-order valence-corrected chi connectivity index (χ0v) is 22.6. The van der Waals surface area contributed by atoms with Crippen molar-refractivity contribution in [2.45, 2.75) is 57.0 Å². The molecule has 1 aliphatic carbocycles. The second-order valence-electron chi connectivity index (χ2n) is 10.8. The number of aromatic nitrogens is 3. The van der Waals surface area contributed by atoms with Crippen molar-refractivity contribution in [2.75, 3.05) is 6.54 Å². The third-order valence-electron chi connectivity index (χ3n) is 8.15. The van der Waals surface area contributed by atoms with E-state index in [0.29, 0.717) is 13.0 Å². The minimum Gasteiger partial charge on any atom is -0.361 e. The van der Waals surface area contributed by atoms with Gasteiger partial charge in [0.1, 0.15) is 6.04 Å². The molecule has 7 nitrogen and oxygen atoms in total. The van der Waals surface area contributed by atoms with Gasteiger partial charge in [0.25, 0.3) is 0 Å². The van der Waals surface area contributed by atoms with Gasteiger partial charge in [-0.05, 0) is 48.6 Å². The lowest BCUT2D eigenvalue weighted by Gasteiger charge is -2.33. The van der Waals surface area contributed by atoms with Crippen LogP contribution in [-0.4, -0.2) is 44.3 Å². The minimum absolute atomic E-state index is 0.0859. The highest BCUT2D eigenvalue weighted by Gasteiger charge is 2.33. The maximum absolute atomic E-state index is 14.2. The molecule has 0 radical (unpaired) electrons. The molecule has 1 aliphatic rings. The fourth-order valence-electron chi connectivity index (χ4n) is 6.06. The van der Waals surface area contributed by atoms with Crippen molar-refractivity contribution in [3.63, 3.8) is 0 Å². The molecular weight excluding hydrogens is 498 g/mol. The summed E-state index contributed by atoms with van der Waals surface area (Å²) in [6.07, 6.45) is 13.5. The van der Waals surface area contributed by atoms with Crippen molar-refractivity contribution in [1.82, 2.24) is 25.2 Å². The number of hydrogen-bond acceptors (Lipinski definition) is 3. The minimum atomic E-state index is -0.765. The number of rotatable bonds is 9. The predicted octanol–water partition coefficient (Wildman–Crippen LogP) is 5.85. The van der Waals surface area contributed by atoms with Gasteiger partial charge in [0.2, 0.25) is 11.8 Å². The van der Waals surface area contributed by atoms with Crippen molar-refractivity contribution in [2.24, 2.45) is 0 Å². The maximum atomic E-state index is 14.2. The summed E-state index contributed by atoms with van der Waals surface area (Å²) >= 11 is 0. The van der Waals surface area contributed by atoms with Crippen LogP contribution in [0.2, 0.25) is 0 Å². The van der Waals surface area contributed by atoms with Crippen LogP contribution in [0, 0.1) is 0 Å². The summed E-state index contributed by atoms with van der Waals surface area (Å²) in [7, 11) is 0. The number of para-hydroxylation sites is 2. The van der Waals surface area contributed by atoms with E-state index >= 15 is 0 Å². The fourth-order valence-corrected chi connectivity index (χ4v) is 6.06. The summed E-state index contributed by atoms with van der Waals surface area (Å²) in [4.78, 5) is 40.9. The van der Waals surface area contributed by atoms with Gasteiger partial charge < -0.3 is 20.2 Å². The smallest absolute Gasteiger partial charge is 0.247 e. The van der Waals surface area contributed by atoms with Crippen LogP contribution in [0.15, 0.2) is 85.5 Å². The Kier molecular flexibility index (Phi) is 7.62. The number of benzene rings is 2. The fraction of sp³-hybridized carbons (Fsp3) is 0.303. The Morgan fingerprint density at radius 1 is 0.875 bits per heavy atom. The highest BCUT2D eigenvalue weighted by molar-refractivity contribution is 5.92. The van der Waals surface area contributed by atoms with E-state index in [-0.39, 0.29) is 24.3 Å². The summed E-state index contributed by atoms with van der Waals surface area (Å²) in [6, 6.07) is 19.3. The van der Waals surface area contributed by atoms with E-state index in [0.717, 1.165) is 64.2 Å². The van der Waals surface area contributed by atoms with Crippen molar-refractivity contribution in [3.8, 4) is 0 Å². The third kappa shape index (κ3) is 5.50. The summed E-state index contributed by atoms with van der Waals surface area (Å²) in [5, 5.41) is 5.45. The molecule has 0 saturated heterocycles. The predicted molar refractivity (Wildman–Crippen MR) is 158 cm³/mol.